The number of aryl methyl sites for hydroxylation is 1. The highest BCUT2D eigenvalue weighted by Gasteiger charge is 2.50. The molecule has 126 valence electrons. The van der Waals surface area contributed by atoms with Gasteiger partial charge < -0.3 is 24.4 Å². The van der Waals surface area contributed by atoms with Crippen molar-refractivity contribution in [2.45, 2.75) is 44.2 Å². The van der Waals surface area contributed by atoms with Crippen LogP contribution in [0.5, 0.6) is 5.75 Å². The number of fused-ring (bicyclic) bond motifs is 1. The van der Waals surface area contributed by atoms with Gasteiger partial charge in [0.2, 0.25) is 0 Å². The number of aliphatic hydroxyl groups excluding tert-OH is 2. The van der Waals surface area contributed by atoms with E-state index in [-0.39, 0.29) is 37.6 Å². The molecule has 0 spiro atoms. The molecule has 6 nitrogen and oxygen atoms in total. The summed E-state index contributed by atoms with van der Waals surface area (Å²) in [6.45, 7) is 2.12. The van der Waals surface area contributed by atoms with E-state index >= 15 is 0 Å². The highest BCUT2D eigenvalue weighted by molar-refractivity contribution is 5.72. The third-order valence-corrected chi connectivity index (χ3v) is 4.35. The van der Waals surface area contributed by atoms with E-state index in [0.717, 1.165) is 5.56 Å². The number of carbonyl (C=O) groups excluding carboxylic acids is 1. The Morgan fingerprint density at radius 3 is 3.00 bits per heavy atom. The molecule has 1 saturated carbocycles. The minimum Gasteiger partial charge on any atom is -0.491 e. The molecule has 3 rings (SSSR count). The number of benzene rings is 1. The van der Waals surface area contributed by atoms with Gasteiger partial charge >= 0.3 is 5.97 Å². The van der Waals surface area contributed by atoms with E-state index in [0.29, 0.717) is 12.2 Å². The Bertz CT molecular complexity index is 560. The minimum atomic E-state index is -0.806. The second-order valence-electron chi connectivity index (χ2n) is 6.28. The molecule has 6 heteroatoms. The maximum absolute atomic E-state index is 11.3. The first kappa shape index (κ1) is 16.2. The Balaban J connectivity index is 1.45. The summed E-state index contributed by atoms with van der Waals surface area (Å²) < 4.78 is 16.3. The number of rotatable bonds is 6. The zero-order valence-corrected chi connectivity index (χ0v) is 13.1. The van der Waals surface area contributed by atoms with Crippen LogP contribution < -0.4 is 4.74 Å². The molecule has 2 N–H and O–H groups in total. The maximum atomic E-state index is 11.3. The van der Waals surface area contributed by atoms with Gasteiger partial charge in [0.1, 0.15) is 24.6 Å². The lowest BCUT2D eigenvalue weighted by Gasteiger charge is -2.22. The molecule has 1 saturated heterocycles. The first-order chi connectivity index (χ1) is 11.0. The lowest BCUT2D eigenvalue weighted by molar-refractivity contribution is -0.142. The predicted octanol–water partition coefficient (Wildman–Crippen LogP) is 0.816. The van der Waals surface area contributed by atoms with Gasteiger partial charge in [-0.25, -0.2) is 0 Å². The molecule has 0 bridgehead atoms. The minimum absolute atomic E-state index is 0.0466. The van der Waals surface area contributed by atoms with Gasteiger partial charge in [0, 0.05) is 12.3 Å². The second-order valence-corrected chi connectivity index (χ2v) is 6.28. The van der Waals surface area contributed by atoms with Gasteiger partial charge in [-0.2, -0.15) is 0 Å². The van der Waals surface area contributed by atoms with Crippen LogP contribution >= 0.6 is 0 Å². The lowest BCUT2D eigenvalue weighted by Crippen LogP contribution is -2.34. The van der Waals surface area contributed by atoms with Gasteiger partial charge in [-0.1, -0.05) is 12.1 Å². The van der Waals surface area contributed by atoms with Gasteiger partial charge in [0.15, 0.2) is 0 Å². The van der Waals surface area contributed by atoms with Crippen LogP contribution in [-0.4, -0.2) is 53.8 Å². The smallest absolute Gasteiger partial charge is 0.306 e. The van der Waals surface area contributed by atoms with E-state index in [4.69, 9.17) is 14.2 Å². The van der Waals surface area contributed by atoms with Crippen LogP contribution in [0, 0.1) is 12.8 Å². The lowest BCUT2D eigenvalue weighted by atomic mass is 10.0. The molecule has 1 aromatic rings. The Kier molecular flexibility index (Phi) is 4.84. The Morgan fingerprint density at radius 2 is 2.22 bits per heavy atom. The second kappa shape index (κ2) is 6.86. The normalized spacial score (nSPS) is 30.8. The first-order valence-corrected chi connectivity index (χ1v) is 7.89. The van der Waals surface area contributed by atoms with E-state index in [1.807, 2.05) is 31.2 Å². The fraction of sp³-hybridized carbons (Fsp3) is 0.588. The van der Waals surface area contributed by atoms with Crippen LogP contribution in [0.4, 0.5) is 0 Å². The van der Waals surface area contributed by atoms with Gasteiger partial charge in [0.25, 0.3) is 0 Å². The molecule has 1 heterocycles. The molecule has 5 atom stereocenters. The SMILES string of the molecule is Cc1cccc(OCC(O)COC2C(O)CC3OC(=O)C[C@H]32)c1. The maximum Gasteiger partial charge on any atom is 0.306 e. The summed E-state index contributed by atoms with van der Waals surface area (Å²) in [7, 11) is 0. The molecule has 2 aliphatic rings. The summed E-state index contributed by atoms with van der Waals surface area (Å²) in [4.78, 5) is 11.3. The molecule has 1 aromatic carbocycles. The van der Waals surface area contributed by atoms with Crippen molar-refractivity contribution in [3.63, 3.8) is 0 Å². The van der Waals surface area contributed by atoms with E-state index in [1.165, 1.54) is 0 Å². The average Bonchev–Trinajstić information content (AvgIpc) is 2.98. The van der Waals surface area contributed by atoms with E-state index in [2.05, 4.69) is 0 Å². The fourth-order valence-electron chi connectivity index (χ4n) is 3.24. The molecule has 2 fully saturated rings. The molecule has 23 heavy (non-hydrogen) atoms. The largest absolute Gasteiger partial charge is 0.491 e. The van der Waals surface area contributed by atoms with Crippen molar-refractivity contribution in [1.82, 2.24) is 0 Å². The Hall–Kier alpha value is -1.63. The monoisotopic (exact) mass is 322 g/mol. The predicted molar refractivity (Wildman–Crippen MR) is 81.0 cm³/mol. The van der Waals surface area contributed by atoms with Gasteiger partial charge in [-0.15, -0.1) is 0 Å². The zero-order valence-electron chi connectivity index (χ0n) is 13.1. The number of esters is 1. The number of carbonyl (C=O) groups is 1. The summed E-state index contributed by atoms with van der Waals surface area (Å²) in [5, 5.41) is 20.0. The van der Waals surface area contributed by atoms with Crippen molar-refractivity contribution >= 4 is 5.97 Å². The topological polar surface area (TPSA) is 85.2 Å². The molecule has 4 unspecified atom stereocenters. The van der Waals surface area contributed by atoms with E-state index in [9.17, 15) is 15.0 Å². The standard InChI is InChI=1S/C17H22O6/c1-10-3-2-4-12(5-10)21-8-11(18)9-22-17-13-6-16(20)23-15(13)7-14(17)19/h2-5,11,13-15,17-19H,6-9H2,1H3/t11?,13-,14?,15?,17?/m1/s1. The average molecular weight is 322 g/mol. The van der Waals surface area contributed by atoms with Gasteiger partial charge in [-0.05, 0) is 24.6 Å². The summed E-state index contributed by atoms with van der Waals surface area (Å²) in [5.41, 5.74) is 1.08. The summed E-state index contributed by atoms with van der Waals surface area (Å²) in [5.74, 6) is 0.325. The summed E-state index contributed by atoms with van der Waals surface area (Å²) in [6, 6.07) is 7.57. The fourth-order valence-corrected chi connectivity index (χ4v) is 3.24. The van der Waals surface area contributed by atoms with Crippen molar-refractivity contribution in [3.05, 3.63) is 29.8 Å². The molecule has 0 aromatic heterocycles. The molecular formula is C17H22O6. The van der Waals surface area contributed by atoms with Crippen LogP contribution in [0.3, 0.4) is 0 Å². The quantitative estimate of drug-likeness (QED) is 0.754. The van der Waals surface area contributed by atoms with Gasteiger partial charge in [0.05, 0.1) is 25.2 Å². The third kappa shape index (κ3) is 3.83. The highest BCUT2D eigenvalue weighted by Crippen LogP contribution is 2.38. The highest BCUT2D eigenvalue weighted by atomic mass is 16.6. The summed E-state index contributed by atoms with van der Waals surface area (Å²) in [6.07, 6.45) is -1.54. The Labute approximate surface area is 135 Å². The van der Waals surface area contributed by atoms with Crippen LogP contribution in [-0.2, 0) is 14.3 Å². The number of ether oxygens (including phenoxy) is 3. The van der Waals surface area contributed by atoms with Crippen molar-refractivity contribution in [2.24, 2.45) is 5.92 Å². The van der Waals surface area contributed by atoms with Crippen molar-refractivity contribution < 1.29 is 29.2 Å². The summed E-state index contributed by atoms with van der Waals surface area (Å²) >= 11 is 0. The number of aliphatic hydroxyl groups is 2. The molecule has 0 radical (unpaired) electrons. The van der Waals surface area contributed by atoms with Crippen LogP contribution in [0.2, 0.25) is 0 Å². The zero-order chi connectivity index (χ0) is 16.4. The van der Waals surface area contributed by atoms with Crippen molar-refractivity contribution in [3.8, 4) is 5.75 Å². The molecular weight excluding hydrogens is 300 g/mol. The molecule has 0 amide bonds. The number of hydrogen-bond acceptors (Lipinski definition) is 6. The Morgan fingerprint density at radius 1 is 1.39 bits per heavy atom. The van der Waals surface area contributed by atoms with E-state index in [1.54, 1.807) is 0 Å². The number of hydrogen-bond donors (Lipinski definition) is 2. The molecule has 1 aliphatic heterocycles. The van der Waals surface area contributed by atoms with Crippen LogP contribution in [0.15, 0.2) is 24.3 Å². The van der Waals surface area contributed by atoms with E-state index < -0.39 is 18.3 Å². The van der Waals surface area contributed by atoms with Crippen LogP contribution in [0.1, 0.15) is 18.4 Å². The van der Waals surface area contributed by atoms with Crippen LogP contribution in [0.25, 0.3) is 0 Å². The van der Waals surface area contributed by atoms with Crippen molar-refractivity contribution in [2.75, 3.05) is 13.2 Å². The first-order valence-electron chi connectivity index (χ1n) is 7.89. The third-order valence-electron chi connectivity index (χ3n) is 4.35. The molecule has 1 aliphatic carbocycles. The van der Waals surface area contributed by atoms with Gasteiger partial charge in [-0.3, -0.25) is 4.79 Å². The van der Waals surface area contributed by atoms with Crippen molar-refractivity contribution in [1.29, 1.82) is 0 Å².